The molecule has 0 spiro atoms. The number of nitrogens with one attached hydrogen (secondary N) is 2. The molecule has 2 aliphatic heterocycles. The van der Waals surface area contributed by atoms with Crippen LogP contribution in [0.25, 0.3) is 0 Å². The molecule has 25 heavy (non-hydrogen) atoms. The van der Waals surface area contributed by atoms with Crippen LogP contribution in [0.3, 0.4) is 0 Å². The quantitative estimate of drug-likeness (QED) is 0.822. The van der Waals surface area contributed by atoms with E-state index in [1.54, 1.807) is 6.07 Å². The molecule has 1 aromatic carbocycles. The number of amides is 2. The largest absolute Gasteiger partial charge is 0.340 e. The molecule has 0 saturated carbocycles. The maximum absolute atomic E-state index is 12.9. The van der Waals surface area contributed by atoms with Gasteiger partial charge in [0.15, 0.2) is 0 Å². The predicted molar refractivity (Wildman–Crippen MR) is 102 cm³/mol. The van der Waals surface area contributed by atoms with Crippen LogP contribution < -0.4 is 10.6 Å². The van der Waals surface area contributed by atoms with Gasteiger partial charge < -0.3 is 15.5 Å². The first-order valence-corrected chi connectivity index (χ1v) is 10.1. The molecule has 0 radical (unpaired) electrons. The Morgan fingerprint density at radius 2 is 2.12 bits per heavy atom. The number of benzene rings is 1. The van der Waals surface area contributed by atoms with Gasteiger partial charge in [-0.1, -0.05) is 18.5 Å². The van der Waals surface area contributed by atoms with E-state index < -0.39 is 0 Å². The smallest absolute Gasteiger partial charge is 0.238 e. The van der Waals surface area contributed by atoms with Gasteiger partial charge in [-0.05, 0) is 50.6 Å². The van der Waals surface area contributed by atoms with Crippen LogP contribution in [-0.2, 0) is 9.59 Å². The number of hydrogen-bond acceptors (Lipinski definition) is 4. The van der Waals surface area contributed by atoms with Crippen molar-refractivity contribution < 1.29 is 9.59 Å². The highest BCUT2D eigenvalue weighted by Gasteiger charge is 2.32. The van der Waals surface area contributed by atoms with E-state index in [1.165, 1.54) is 11.8 Å². The second-order valence-corrected chi connectivity index (χ2v) is 8.19. The summed E-state index contributed by atoms with van der Waals surface area (Å²) in [5.41, 5.74) is 0.731. The summed E-state index contributed by atoms with van der Waals surface area (Å²) in [5, 5.41) is 6.42. The molecule has 2 heterocycles. The van der Waals surface area contributed by atoms with Crippen molar-refractivity contribution in [3.05, 3.63) is 23.2 Å². The van der Waals surface area contributed by atoms with E-state index in [-0.39, 0.29) is 29.5 Å². The van der Waals surface area contributed by atoms with Crippen molar-refractivity contribution in [2.24, 2.45) is 0 Å². The lowest BCUT2D eigenvalue weighted by Crippen LogP contribution is -2.47. The maximum Gasteiger partial charge on any atom is 0.238 e. The molecule has 1 fully saturated rings. The molecule has 2 aliphatic rings. The van der Waals surface area contributed by atoms with Gasteiger partial charge in [-0.2, -0.15) is 0 Å². The van der Waals surface area contributed by atoms with Crippen LogP contribution in [0, 0.1) is 0 Å². The Kier molecular flexibility index (Phi) is 6.25. The molecule has 1 atom stereocenters. The van der Waals surface area contributed by atoms with Gasteiger partial charge in [0.1, 0.15) is 0 Å². The summed E-state index contributed by atoms with van der Waals surface area (Å²) in [6.07, 6.45) is 3.14. The third kappa shape index (κ3) is 4.49. The van der Waals surface area contributed by atoms with Crippen molar-refractivity contribution in [1.82, 2.24) is 10.2 Å². The second kappa shape index (κ2) is 8.43. The molecule has 2 amide bonds. The third-order valence-corrected chi connectivity index (χ3v) is 6.17. The molecular weight excluding hydrogens is 358 g/mol. The highest BCUT2D eigenvalue weighted by atomic mass is 35.5. The Morgan fingerprint density at radius 3 is 2.84 bits per heavy atom. The van der Waals surface area contributed by atoms with Crippen molar-refractivity contribution in [1.29, 1.82) is 0 Å². The van der Waals surface area contributed by atoms with Gasteiger partial charge in [0.25, 0.3) is 0 Å². The zero-order valence-electron chi connectivity index (χ0n) is 14.4. The zero-order valence-corrected chi connectivity index (χ0v) is 16.0. The Hall–Kier alpha value is -1.24. The number of fused-ring (bicyclic) bond motifs is 1. The number of piperidine rings is 1. The molecular formula is C18H24ClN3O2S. The van der Waals surface area contributed by atoms with Crippen LogP contribution in [-0.4, -0.2) is 47.6 Å². The van der Waals surface area contributed by atoms with Crippen LogP contribution in [0.4, 0.5) is 5.69 Å². The summed E-state index contributed by atoms with van der Waals surface area (Å²) < 4.78 is 0. The van der Waals surface area contributed by atoms with Crippen molar-refractivity contribution in [3.8, 4) is 0 Å². The lowest BCUT2D eigenvalue weighted by atomic mass is 10.0. The lowest BCUT2D eigenvalue weighted by Gasteiger charge is -2.35. The minimum Gasteiger partial charge on any atom is -0.340 e. The van der Waals surface area contributed by atoms with Gasteiger partial charge in [0.2, 0.25) is 11.8 Å². The maximum atomic E-state index is 12.9. The number of carbonyl (C=O) groups is 2. The third-order valence-electron chi connectivity index (χ3n) is 4.66. The van der Waals surface area contributed by atoms with Gasteiger partial charge in [-0.3, -0.25) is 9.59 Å². The molecule has 2 N–H and O–H groups in total. The first-order valence-electron chi connectivity index (χ1n) is 8.85. The number of thioether (sulfide) groups is 1. The van der Waals surface area contributed by atoms with Crippen molar-refractivity contribution in [2.75, 3.05) is 25.0 Å². The Bertz CT molecular complexity index is 649. The molecule has 136 valence electrons. The number of nitrogens with zero attached hydrogens (tertiary/aromatic N) is 1. The first kappa shape index (κ1) is 18.5. The monoisotopic (exact) mass is 381 g/mol. The van der Waals surface area contributed by atoms with Crippen molar-refractivity contribution in [3.63, 3.8) is 0 Å². The summed E-state index contributed by atoms with van der Waals surface area (Å²) in [6, 6.07) is 5.74. The van der Waals surface area contributed by atoms with Crippen LogP contribution in [0.5, 0.6) is 0 Å². The van der Waals surface area contributed by atoms with Gasteiger partial charge in [-0.25, -0.2) is 0 Å². The molecule has 7 heteroatoms. The number of carbonyl (C=O) groups excluding carboxylic acids is 2. The topological polar surface area (TPSA) is 61.4 Å². The Balaban J connectivity index is 1.68. The fourth-order valence-corrected chi connectivity index (χ4v) is 4.66. The molecule has 5 nitrogen and oxygen atoms in total. The molecule has 1 unspecified atom stereocenters. The lowest BCUT2D eigenvalue weighted by molar-refractivity contribution is -0.135. The van der Waals surface area contributed by atoms with Crippen LogP contribution in [0.1, 0.15) is 32.6 Å². The van der Waals surface area contributed by atoms with Crippen LogP contribution >= 0.6 is 23.4 Å². The predicted octanol–water partition coefficient (Wildman–Crippen LogP) is 3.13. The number of hydrogen-bond donors (Lipinski definition) is 2. The van der Waals surface area contributed by atoms with Gasteiger partial charge in [-0.15, -0.1) is 11.8 Å². The minimum atomic E-state index is -0.387. The molecule has 0 aliphatic carbocycles. The highest BCUT2D eigenvalue weighted by Crippen LogP contribution is 2.38. The average molecular weight is 382 g/mol. The van der Waals surface area contributed by atoms with Crippen molar-refractivity contribution >= 4 is 40.9 Å². The summed E-state index contributed by atoms with van der Waals surface area (Å²) >= 11 is 7.43. The first-order chi connectivity index (χ1) is 12.1. The number of anilines is 1. The SMILES string of the molecule is CCCN(C(=O)CC1Sc2ccc(Cl)cc2NC1=O)C1CCNCC1. The summed E-state index contributed by atoms with van der Waals surface area (Å²) in [6.45, 7) is 4.74. The van der Waals surface area contributed by atoms with E-state index in [0.717, 1.165) is 49.5 Å². The van der Waals surface area contributed by atoms with E-state index in [1.807, 2.05) is 17.0 Å². The fourth-order valence-electron chi connectivity index (χ4n) is 3.40. The van der Waals surface area contributed by atoms with Crippen LogP contribution in [0.15, 0.2) is 23.1 Å². The zero-order chi connectivity index (χ0) is 17.8. The van der Waals surface area contributed by atoms with E-state index in [9.17, 15) is 9.59 Å². The van der Waals surface area contributed by atoms with Gasteiger partial charge >= 0.3 is 0 Å². The van der Waals surface area contributed by atoms with Gasteiger partial charge in [0.05, 0.1) is 10.9 Å². The Morgan fingerprint density at radius 1 is 1.36 bits per heavy atom. The molecule has 0 aromatic heterocycles. The van der Waals surface area contributed by atoms with E-state index in [2.05, 4.69) is 17.6 Å². The highest BCUT2D eigenvalue weighted by molar-refractivity contribution is 8.01. The minimum absolute atomic E-state index is 0.0822. The Labute approximate surface area is 157 Å². The molecule has 0 bridgehead atoms. The van der Waals surface area contributed by atoms with E-state index >= 15 is 0 Å². The molecule has 3 rings (SSSR count). The summed E-state index contributed by atoms with van der Waals surface area (Å²) in [5.74, 6) is -0.0336. The normalized spacial score (nSPS) is 20.7. The van der Waals surface area contributed by atoms with Crippen LogP contribution in [0.2, 0.25) is 5.02 Å². The van der Waals surface area contributed by atoms with E-state index in [4.69, 9.17) is 11.6 Å². The standard InChI is InChI=1S/C18H24ClN3O2S/c1-2-9-22(13-5-7-20-8-6-13)17(23)11-16-18(24)21-14-10-12(19)3-4-15(14)25-16/h3-4,10,13,16,20H,2,5-9,11H2,1H3,(H,21,24). The summed E-state index contributed by atoms with van der Waals surface area (Å²) in [7, 11) is 0. The molecule has 1 saturated heterocycles. The number of halogens is 1. The van der Waals surface area contributed by atoms with Gasteiger partial charge in [0, 0.05) is 28.9 Å². The molecule has 1 aromatic rings. The number of rotatable bonds is 5. The second-order valence-electron chi connectivity index (χ2n) is 6.51. The van der Waals surface area contributed by atoms with E-state index in [0.29, 0.717) is 5.02 Å². The van der Waals surface area contributed by atoms with Crippen molar-refractivity contribution in [2.45, 2.75) is 48.8 Å². The summed E-state index contributed by atoms with van der Waals surface area (Å²) in [4.78, 5) is 28.3. The average Bonchev–Trinajstić information content (AvgIpc) is 2.61. The fraction of sp³-hybridized carbons (Fsp3) is 0.556.